The molecule has 0 spiro atoms. The van der Waals surface area contributed by atoms with Crippen LogP contribution in [0.25, 0.3) is 5.82 Å². The number of nitrogens with zero attached hydrogens (tertiary/aromatic N) is 5. The fourth-order valence-corrected chi connectivity index (χ4v) is 3.66. The van der Waals surface area contributed by atoms with Crippen molar-refractivity contribution in [3.8, 4) is 5.82 Å². The Balaban J connectivity index is 1.35. The molecule has 4 heterocycles. The van der Waals surface area contributed by atoms with Crippen LogP contribution in [0.4, 0.5) is 0 Å². The van der Waals surface area contributed by atoms with E-state index in [1.54, 1.807) is 23.3 Å². The van der Waals surface area contributed by atoms with E-state index in [4.69, 9.17) is 0 Å². The van der Waals surface area contributed by atoms with Gasteiger partial charge in [0.15, 0.2) is 5.82 Å². The molecule has 0 unspecified atom stereocenters. The first-order valence-corrected chi connectivity index (χ1v) is 9.62. The highest BCUT2D eigenvalue weighted by molar-refractivity contribution is 5.79. The fourth-order valence-electron chi connectivity index (χ4n) is 3.66. The zero-order valence-electron chi connectivity index (χ0n) is 15.7. The molecule has 7 heteroatoms. The number of aromatic nitrogens is 4. The molecule has 7 nitrogen and oxygen atoms in total. The van der Waals surface area contributed by atoms with Gasteiger partial charge in [0.05, 0.1) is 5.92 Å². The van der Waals surface area contributed by atoms with E-state index in [1.807, 2.05) is 36.7 Å². The first kappa shape index (κ1) is 18.3. The number of pyridine rings is 2. The van der Waals surface area contributed by atoms with Gasteiger partial charge in [0.25, 0.3) is 0 Å². The number of rotatable bonds is 6. The van der Waals surface area contributed by atoms with Gasteiger partial charge < -0.3 is 5.32 Å². The van der Waals surface area contributed by atoms with Crippen molar-refractivity contribution in [1.82, 2.24) is 30.0 Å². The molecule has 0 radical (unpaired) electrons. The quantitative estimate of drug-likeness (QED) is 0.714. The van der Waals surface area contributed by atoms with Gasteiger partial charge in [-0.05, 0) is 43.1 Å². The van der Waals surface area contributed by atoms with Crippen molar-refractivity contribution in [3.63, 3.8) is 0 Å². The number of carbonyl (C=O) groups is 1. The number of hydrogen-bond acceptors (Lipinski definition) is 5. The van der Waals surface area contributed by atoms with Crippen LogP contribution >= 0.6 is 0 Å². The summed E-state index contributed by atoms with van der Waals surface area (Å²) in [6.45, 7) is 3.08. The van der Waals surface area contributed by atoms with E-state index in [9.17, 15) is 4.79 Å². The van der Waals surface area contributed by atoms with Gasteiger partial charge in [-0.25, -0.2) is 9.67 Å². The Morgan fingerprint density at radius 2 is 2.11 bits per heavy atom. The summed E-state index contributed by atoms with van der Waals surface area (Å²) in [6, 6.07) is 9.74. The van der Waals surface area contributed by atoms with Gasteiger partial charge in [0, 0.05) is 56.2 Å². The van der Waals surface area contributed by atoms with Crippen LogP contribution in [0.1, 0.15) is 24.0 Å². The fraction of sp³-hybridized carbons (Fsp3) is 0.333. The maximum absolute atomic E-state index is 12.8. The maximum Gasteiger partial charge on any atom is 0.224 e. The molecule has 4 rings (SSSR count). The Hall–Kier alpha value is -3.06. The summed E-state index contributed by atoms with van der Waals surface area (Å²) in [5.41, 5.74) is 2.13. The molecule has 0 aromatic carbocycles. The minimum atomic E-state index is 0.00949. The Labute approximate surface area is 164 Å². The minimum absolute atomic E-state index is 0.00949. The molecule has 3 aromatic rings. The highest BCUT2D eigenvalue weighted by Crippen LogP contribution is 2.19. The number of hydrogen-bond donors (Lipinski definition) is 1. The van der Waals surface area contributed by atoms with Crippen LogP contribution in [0, 0.1) is 5.92 Å². The highest BCUT2D eigenvalue weighted by atomic mass is 16.1. The van der Waals surface area contributed by atoms with Gasteiger partial charge >= 0.3 is 0 Å². The minimum Gasteiger partial charge on any atom is -0.352 e. The molecule has 1 atom stereocenters. The normalized spacial score (nSPS) is 17.4. The van der Waals surface area contributed by atoms with Crippen molar-refractivity contribution in [1.29, 1.82) is 0 Å². The predicted octanol–water partition coefficient (Wildman–Crippen LogP) is 2.19. The lowest BCUT2D eigenvalue weighted by atomic mass is 9.96. The summed E-state index contributed by atoms with van der Waals surface area (Å²) < 4.78 is 1.72. The smallest absolute Gasteiger partial charge is 0.224 e. The third-order valence-corrected chi connectivity index (χ3v) is 5.05. The third kappa shape index (κ3) is 4.43. The van der Waals surface area contributed by atoms with E-state index in [2.05, 4.69) is 31.3 Å². The highest BCUT2D eigenvalue weighted by Gasteiger charge is 2.25. The van der Waals surface area contributed by atoms with Gasteiger partial charge in [0.1, 0.15) is 0 Å². The monoisotopic (exact) mass is 376 g/mol. The molecular formula is C21H24N6O. The number of likely N-dealkylation sites (tertiary alicyclic amines) is 1. The molecule has 1 N–H and O–H groups in total. The summed E-state index contributed by atoms with van der Waals surface area (Å²) in [6.07, 6.45) is 10.9. The molecule has 144 valence electrons. The second-order valence-corrected chi connectivity index (χ2v) is 7.09. The summed E-state index contributed by atoms with van der Waals surface area (Å²) in [4.78, 5) is 23.7. The van der Waals surface area contributed by atoms with E-state index in [0.717, 1.165) is 43.9 Å². The van der Waals surface area contributed by atoms with E-state index in [0.29, 0.717) is 6.54 Å². The molecule has 1 aliphatic rings. The third-order valence-electron chi connectivity index (χ3n) is 5.05. The summed E-state index contributed by atoms with van der Waals surface area (Å²) in [5.74, 6) is 0.857. The van der Waals surface area contributed by atoms with Gasteiger partial charge in [-0.2, -0.15) is 5.10 Å². The Bertz CT molecular complexity index is 896. The van der Waals surface area contributed by atoms with Crippen molar-refractivity contribution in [3.05, 3.63) is 72.4 Å². The van der Waals surface area contributed by atoms with E-state index in [1.165, 1.54) is 5.56 Å². The van der Waals surface area contributed by atoms with Crippen molar-refractivity contribution in [2.75, 3.05) is 13.1 Å². The van der Waals surface area contributed by atoms with Crippen molar-refractivity contribution in [2.45, 2.75) is 25.9 Å². The number of carbonyl (C=O) groups excluding carboxylic acids is 1. The lowest BCUT2D eigenvalue weighted by Gasteiger charge is -2.32. The second-order valence-electron chi connectivity index (χ2n) is 7.09. The largest absolute Gasteiger partial charge is 0.352 e. The zero-order valence-corrected chi connectivity index (χ0v) is 15.7. The molecule has 3 aromatic heterocycles. The first-order valence-electron chi connectivity index (χ1n) is 9.62. The zero-order chi connectivity index (χ0) is 19.2. The molecule has 0 aliphatic carbocycles. The topological polar surface area (TPSA) is 75.9 Å². The summed E-state index contributed by atoms with van der Waals surface area (Å²) >= 11 is 0. The summed E-state index contributed by atoms with van der Waals surface area (Å²) in [7, 11) is 0. The van der Waals surface area contributed by atoms with Gasteiger partial charge in [-0.3, -0.25) is 14.7 Å². The second kappa shape index (κ2) is 8.75. The molecule has 1 saturated heterocycles. The van der Waals surface area contributed by atoms with Crippen molar-refractivity contribution < 1.29 is 4.79 Å². The lowest BCUT2D eigenvalue weighted by molar-refractivity contribution is -0.126. The lowest BCUT2D eigenvalue weighted by Crippen LogP contribution is -2.42. The predicted molar refractivity (Wildman–Crippen MR) is 105 cm³/mol. The van der Waals surface area contributed by atoms with Crippen LogP contribution in [-0.2, 0) is 17.9 Å². The van der Waals surface area contributed by atoms with E-state index < -0.39 is 0 Å². The molecule has 1 amide bonds. The standard InChI is InChI=1S/C21H24N6O/c28-21(19-7-3-11-26(16-19)15-17-5-1-8-22-13-17)24-14-18-6-2-9-23-20(18)27-12-4-10-25-27/h1-2,4-6,8-10,12-13,19H,3,7,11,14-16H2,(H,24,28)/t19-/m1/s1. The number of nitrogens with one attached hydrogen (secondary N) is 1. The van der Waals surface area contributed by atoms with Gasteiger partial charge in [-0.1, -0.05) is 12.1 Å². The molecule has 0 bridgehead atoms. The van der Waals surface area contributed by atoms with Gasteiger partial charge in [-0.15, -0.1) is 0 Å². The van der Waals surface area contributed by atoms with Crippen molar-refractivity contribution >= 4 is 5.91 Å². The number of piperidine rings is 1. The van der Waals surface area contributed by atoms with Crippen LogP contribution in [0.2, 0.25) is 0 Å². The number of amides is 1. The molecular weight excluding hydrogens is 352 g/mol. The Morgan fingerprint density at radius 3 is 2.93 bits per heavy atom. The summed E-state index contributed by atoms with van der Waals surface area (Å²) in [5, 5.41) is 7.34. The van der Waals surface area contributed by atoms with Crippen LogP contribution in [-0.4, -0.2) is 43.6 Å². The van der Waals surface area contributed by atoms with Crippen molar-refractivity contribution in [2.24, 2.45) is 5.92 Å². The Morgan fingerprint density at radius 1 is 1.18 bits per heavy atom. The van der Waals surface area contributed by atoms with Crippen LogP contribution in [0.5, 0.6) is 0 Å². The Kier molecular flexibility index (Phi) is 5.72. The first-order chi connectivity index (χ1) is 13.8. The average molecular weight is 376 g/mol. The van der Waals surface area contributed by atoms with Crippen LogP contribution < -0.4 is 5.32 Å². The molecule has 1 fully saturated rings. The maximum atomic E-state index is 12.8. The van der Waals surface area contributed by atoms with Crippen LogP contribution in [0.15, 0.2) is 61.3 Å². The van der Waals surface area contributed by atoms with E-state index >= 15 is 0 Å². The molecule has 1 aliphatic heterocycles. The SMILES string of the molecule is O=C(NCc1cccnc1-n1cccn1)[C@@H]1CCCN(Cc2cccnc2)C1. The molecule has 28 heavy (non-hydrogen) atoms. The average Bonchev–Trinajstić information content (AvgIpc) is 3.28. The van der Waals surface area contributed by atoms with Gasteiger partial charge in [0.2, 0.25) is 5.91 Å². The van der Waals surface area contributed by atoms with E-state index in [-0.39, 0.29) is 11.8 Å². The van der Waals surface area contributed by atoms with Crippen LogP contribution in [0.3, 0.4) is 0 Å². The molecule has 0 saturated carbocycles.